The van der Waals surface area contributed by atoms with E-state index in [1.54, 1.807) is 17.1 Å². The van der Waals surface area contributed by atoms with E-state index in [2.05, 4.69) is 11.6 Å². The molecule has 0 unspecified atom stereocenters. The van der Waals surface area contributed by atoms with Crippen LogP contribution >= 0.6 is 24.0 Å². The molecule has 0 spiro atoms. The fourth-order valence-corrected chi connectivity index (χ4v) is 3.44. The van der Waals surface area contributed by atoms with Crippen molar-refractivity contribution in [3.8, 4) is 0 Å². The Bertz CT molecular complexity index is 791. The van der Waals surface area contributed by atoms with Gasteiger partial charge in [-0.05, 0) is 12.1 Å². The molecule has 2 heterocycles. The minimum absolute atomic E-state index is 0.0862. The number of aryl methyl sites for hydroxylation is 1. The smallest absolute Gasteiger partial charge is 0.266 e. The van der Waals surface area contributed by atoms with E-state index in [1.807, 2.05) is 35.9 Å². The molecule has 21 heavy (non-hydrogen) atoms. The van der Waals surface area contributed by atoms with E-state index in [9.17, 15) is 4.79 Å². The number of carbonyl (C=O) groups is 1. The highest BCUT2D eigenvalue weighted by Crippen LogP contribution is 2.32. The predicted octanol–water partition coefficient (Wildman–Crippen LogP) is 2.96. The highest BCUT2D eigenvalue weighted by Gasteiger charge is 2.31. The first-order chi connectivity index (χ1) is 10.1. The van der Waals surface area contributed by atoms with Gasteiger partial charge in [0.15, 0.2) is 0 Å². The summed E-state index contributed by atoms with van der Waals surface area (Å²) in [5.41, 5.74) is 1.94. The number of thioether (sulfide) groups is 1. The highest BCUT2D eigenvalue weighted by atomic mass is 32.2. The lowest BCUT2D eigenvalue weighted by atomic mass is 10.3. The first-order valence-electron chi connectivity index (χ1n) is 6.39. The van der Waals surface area contributed by atoms with Crippen LogP contribution in [0.4, 0.5) is 0 Å². The zero-order valence-electron chi connectivity index (χ0n) is 11.4. The number of aromatic nitrogens is 2. The van der Waals surface area contributed by atoms with E-state index in [0.717, 1.165) is 16.9 Å². The molecule has 1 amide bonds. The maximum atomic E-state index is 12.3. The Morgan fingerprint density at radius 3 is 2.90 bits per heavy atom. The summed E-state index contributed by atoms with van der Waals surface area (Å²) in [5, 5.41) is 0. The minimum Gasteiger partial charge on any atom is -0.328 e. The molecule has 1 fully saturated rings. The van der Waals surface area contributed by atoms with Crippen LogP contribution in [0.2, 0.25) is 0 Å². The molecular formula is C15H13N3OS2. The number of hydrogen-bond acceptors (Lipinski definition) is 4. The maximum absolute atomic E-state index is 12.3. The monoisotopic (exact) mass is 315 g/mol. The van der Waals surface area contributed by atoms with Crippen LogP contribution in [0.15, 0.2) is 41.8 Å². The topological polar surface area (TPSA) is 38.1 Å². The lowest BCUT2D eigenvalue weighted by Crippen LogP contribution is -2.27. The van der Waals surface area contributed by atoms with Crippen molar-refractivity contribution in [1.82, 2.24) is 14.5 Å². The summed E-state index contributed by atoms with van der Waals surface area (Å²) < 4.78 is 2.53. The van der Waals surface area contributed by atoms with Crippen LogP contribution in [0.1, 0.15) is 5.82 Å². The summed E-state index contributed by atoms with van der Waals surface area (Å²) in [4.78, 5) is 19.0. The number of rotatable bonds is 3. The Hall–Kier alpha value is -1.92. The van der Waals surface area contributed by atoms with Crippen LogP contribution in [0.3, 0.4) is 0 Å². The molecule has 1 aliphatic rings. The van der Waals surface area contributed by atoms with E-state index in [4.69, 9.17) is 12.2 Å². The second kappa shape index (κ2) is 5.46. The number of amides is 1. The second-order valence-corrected chi connectivity index (χ2v) is 6.27. The molecule has 0 bridgehead atoms. The largest absolute Gasteiger partial charge is 0.328 e. The van der Waals surface area contributed by atoms with Crippen molar-refractivity contribution in [3.05, 3.63) is 47.6 Å². The third kappa shape index (κ3) is 2.41. The first-order valence-corrected chi connectivity index (χ1v) is 7.62. The molecule has 1 aromatic heterocycles. The summed E-state index contributed by atoms with van der Waals surface area (Å²) in [6.45, 7) is 4.08. The molecule has 1 aromatic carbocycles. The van der Waals surface area contributed by atoms with Crippen LogP contribution in [-0.4, -0.2) is 31.2 Å². The number of fused-ring (bicyclic) bond motifs is 1. The Balaban J connectivity index is 2.01. The van der Waals surface area contributed by atoms with Gasteiger partial charge >= 0.3 is 0 Å². The molecule has 0 aliphatic carbocycles. The molecular weight excluding hydrogens is 302 g/mol. The van der Waals surface area contributed by atoms with Crippen molar-refractivity contribution in [1.29, 1.82) is 0 Å². The fraction of sp³-hybridized carbons (Fsp3) is 0.133. The average Bonchev–Trinajstić information content (AvgIpc) is 2.93. The summed E-state index contributed by atoms with van der Waals surface area (Å²) >= 11 is 6.53. The number of nitrogens with zero attached hydrogens (tertiary/aromatic N) is 3. The third-order valence-electron chi connectivity index (χ3n) is 3.27. The van der Waals surface area contributed by atoms with Crippen molar-refractivity contribution in [3.63, 3.8) is 0 Å². The van der Waals surface area contributed by atoms with Gasteiger partial charge in [-0.2, -0.15) is 0 Å². The maximum Gasteiger partial charge on any atom is 0.266 e. The Labute approximate surface area is 132 Å². The van der Waals surface area contributed by atoms with E-state index >= 15 is 0 Å². The van der Waals surface area contributed by atoms with E-state index in [1.165, 1.54) is 11.8 Å². The molecule has 0 saturated carbocycles. The van der Waals surface area contributed by atoms with Crippen LogP contribution < -0.4 is 0 Å². The first kappa shape index (κ1) is 14.0. The van der Waals surface area contributed by atoms with Crippen LogP contribution in [0, 0.1) is 0 Å². The molecule has 0 N–H and O–H groups in total. The van der Waals surface area contributed by atoms with Crippen LogP contribution in [-0.2, 0) is 11.8 Å². The molecule has 0 atom stereocenters. The van der Waals surface area contributed by atoms with Crippen LogP contribution in [0.5, 0.6) is 0 Å². The lowest BCUT2D eigenvalue weighted by molar-refractivity contribution is -0.121. The molecule has 106 valence electrons. The van der Waals surface area contributed by atoms with E-state index in [0.29, 0.717) is 15.8 Å². The molecule has 0 radical (unpaired) electrons. The number of imidazole rings is 1. The average molecular weight is 315 g/mol. The number of thiocarbonyl (C=S) groups is 1. The quantitative estimate of drug-likeness (QED) is 0.496. The summed E-state index contributed by atoms with van der Waals surface area (Å²) in [6, 6.07) is 7.87. The molecule has 6 heteroatoms. The number of benzene rings is 1. The van der Waals surface area contributed by atoms with Crippen molar-refractivity contribution >= 4 is 51.3 Å². The number of hydrogen-bond donors (Lipinski definition) is 0. The Kier molecular flexibility index (Phi) is 3.65. The molecule has 1 saturated heterocycles. The Morgan fingerprint density at radius 1 is 1.43 bits per heavy atom. The molecule has 1 aliphatic heterocycles. The van der Waals surface area contributed by atoms with Crippen molar-refractivity contribution in [2.45, 2.75) is 0 Å². The van der Waals surface area contributed by atoms with Crippen LogP contribution in [0.25, 0.3) is 17.1 Å². The van der Waals surface area contributed by atoms with Crippen molar-refractivity contribution in [2.24, 2.45) is 7.05 Å². The van der Waals surface area contributed by atoms with Gasteiger partial charge in [0.1, 0.15) is 10.1 Å². The van der Waals surface area contributed by atoms with Crippen molar-refractivity contribution < 1.29 is 4.79 Å². The van der Waals surface area contributed by atoms with Crippen molar-refractivity contribution in [2.75, 3.05) is 6.54 Å². The van der Waals surface area contributed by atoms with Gasteiger partial charge in [0.25, 0.3) is 5.91 Å². The van der Waals surface area contributed by atoms with Gasteiger partial charge < -0.3 is 4.57 Å². The van der Waals surface area contributed by atoms with Gasteiger partial charge in [-0.3, -0.25) is 9.69 Å². The molecule has 4 nitrogen and oxygen atoms in total. The zero-order chi connectivity index (χ0) is 15.0. The summed E-state index contributed by atoms with van der Waals surface area (Å²) in [6.07, 6.45) is 3.46. The lowest BCUT2D eigenvalue weighted by Gasteiger charge is -2.10. The van der Waals surface area contributed by atoms with Gasteiger partial charge in [0, 0.05) is 19.7 Å². The number of carbonyl (C=O) groups excluding carboxylic acids is 1. The molecule has 3 rings (SSSR count). The van der Waals surface area contributed by atoms with Gasteiger partial charge in [-0.1, -0.05) is 42.2 Å². The Morgan fingerprint density at radius 2 is 2.19 bits per heavy atom. The van der Waals surface area contributed by atoms with Gasteiger partial charge in [0.2, 0.25) is 0 Å². The zero-order valence-corrected chi connectivity index (χ0v) is 13.1. The van der Waals surface area contributed by atoms with E-state index < -0.39 is 0 Å². The summed E-state index contributed by atoms with van der Waals surface area (Å²) in [7, 11) is 1.94. The molecule has 2 aromatic rings. The van der Waals surface area contributed by atoms with Gasteiger partial charge in [0.05, 0.1) is 15.9 Å². The SMILES string of the molecule is C=CCN1C(=O)/C(=C\c2nc3ccccc3n2C)SC1=S. The third-order valence-corrected chi connectivity index (χ3v) is 4.64. The highest BCUT2D eigenvalue weighted by molar-refractivity contribution is 8.26. The normalized spacial score (nSPS) is 17.2. The second-order valence-electron chi connectivity index (χ2n) is 4.60. The summed E-state index contributed by atoms with van der Waals surface area (Å²) in [5.74, 6) is 0.659. The van der Waals surface area contributed by atoms with Gasteiger partial charge in [-0.15, -0.1) is 6.58 Å². The number of para-hydroxylation sites is 2. The standard InChI is InChI=1S/C15H13N3OS2/c1-3-8-18-14(19)12(21-15(18)20)9-13-16-10-6-4-5-7-11(10)17(13)2/h3-7,9H,1,8H2,2H3/b12-9+. The fourth-order valence-electron chi connectivity index (χ4n) is 2.20. The van der Waals surface area contributed by atoms with E-state index in [-0.39, 0.29) is 5.91 Å². The van der Waals surface area contributed by atoms with Gasteiger partial charge in [-0.25, -0.2) is 4.98 Å². The predicted molar refractivity (Wildman–Crippen MR) is 90.8 cm³/mol. The minimum atomic E-state index is -0.0862.